The first kappa shape index (κ1) is 18.7. The van der Waals surface area contributed by atoms with E-state index in [1.54, 1.807) is 37.5 Å². The number of alkyl halides is 3. The van der Waals surface area contributed by atoms with Gasteiger partial charge in [0.15, 0.2) is 5.69 Å². The zero-order valence-corrected chi connectivity index (χ0v) is 15.2. The molecule has 4 rings (SSSR count). The molecule has 29 heavy (non-hydrogen) atoms. The van der Waals surface area contributed by atoms with Crippen LogP contribution in [0.4, 0.5) is 18.9 Å². The number of amides is 1. The molecule has 0 atom stereocenters. The summed E-state index contributed by atoms with van der Waals surface area (Å²) in [6.45, 7) is 1.67. The Morgan fingerprint density at radius 1 is 1.07 bits per heavy atom. The smallest absolute Gasteiger partial charge is 0.320 e. The van der Waals surface area contributed by atoms with E-state index in [4.69, 9.17) is 0 Å². The van der Waals surface area contributed by atoms with Gasteiger partial charge in [0.2, 0.25) is 0 Å². The van der Waals surface area contributed by atoms with E-state index >= 15 is 0 Å². The first-order chi connectivity index (χ1) is 13.8. The second kappa shape index (κ2) is 7.05. The molecule has 146 valence electrons. The molecule has 1 amide bonds. The van der Waals surface area contributed by atoms with Crippen molar-refractivity contribution in [3.8, 4) is 5.69 Å². The molecule has 0 spiro atoms. The molecule has 0 saturated carbocycles. The van der Waals surface area contributed by atoms with Gasteiger partial charge in [0.25, 0.3) is 5.91 Å². The molecule has 0 aliphatic carbocycles. The summed E-state index contributed by atoms with van der Waals surface area (Å²) in [5.41, 5.74) is 0.691. The zero-order chi connectivity index (χ0) is 20.6. The summed E-state index contributed by atoms with van der Waals surface area (Å²) in [7, 11) is 0. The average Bonchev–Trinajstić information content (AvgIpc) is 3.10. The predicted molar refractivity (Wildman–Crippen MR) is 103 cm³/mol. The van der Waals surface area contributed by atoms with E-state index < -0.39 is 17.6 Å². The van der Waals surface area contributed by atoms with Crippen LogP contribution in [0.25, 0.3) is 16.5 Å². The van der Waals surface area contributed by atoms with Crippen LogP contribution >= 0.6 is 0 Å². The molecule has 1 N–H and O–H groups in total. The third-order valence-corrected chi connectivity index (χ3v) is 4.47. The Hall–Kier alpha value is -3.68. The number of carbonyl (C=O) groups is 1. The monoisotopic (exact) mass is 396 g/mol. The van der Waals surface area contributed by atoms with Crippen LogP contribution < -0.4 is 5.32 Å². The highest BCUT2D eigenvalue weighted by molar-refractivity contribution is 6.08. The van der Waals surface area contributed by atoms with Gasteiger partial charge in [-0.25, -0.2) is 4.68 Å². The minimum absolute atomic E-state index is 0.103. The van der Waals surface area contributed by atoms with Gasteiger partial charge < -0.3 is 5.32 Å². The Balaban J connectivity index is 1.65. The maximum atomic E-state index is 13.0. The van der Waals surface area contributed by atoms with Gasteiger partial charge in [-0.1, -0.05) is 18.2 Å². The Morgan fingerprint density at radius 2 is 1.86 bits per heavy atom. The van der Waals surface area contributed by atoms with Crippen LogP contribution in [-0.4, -0.2) is 20.7 Å². The molecule has 2 aromatic heterocycles. The summed E-state index contributed by atoms with van der Waals surface area (Å²) in [4.78, 5) is 16.8. The fourth-order valence-electron chi connectivity index (χ4n) is 3.08. The van der Waals surface area contributed by atoms with E-state index in [9.17, 15) is 18.0 Å². The van der Waals surface area contributed by atoms with Gasteiger partial charge in [-0.2, -0.15) is 18.3 Å². The largest absolute Gasteiger partial charge is 0.416 e. The summed E-state index contributed by atoms with van der Waals surface area (Å²) in [5.74, 6) is -0.455. The molecule has 8 heteroatoms. The van der Waals surface area contributed by atoms with Gasteiger partial charge in [-0.05, 0) is 43.3 Å². The van der Waals surface area contributed by atoms with Gasteiger partial charge >= 0.3 is 6.18 Å². The summed E-state index contributed by atoms with van der Waals surface area (Å²) in [6, 6.07) is 13.6. The lowest BCUT2D eigenvalue weighted by Gasteiger charge is -2.10. The maximum absolute atomic E-state index is 13.0. The van der Waals surface area contributed by atoms with Crippen molar-refractivity contribution in [3.63, 3.8) is 0 Å². The number of aromatic nitrogens is 3. The van der Waals surface area contributed by atoms with E-state index in [1.165, 1.54) is 22.9 Å². The molecule has 0 unspecified atom stereocenters. The lowest BCUT2D eigenvalue weighted by Crippen LogP contribution is -2.13. The van der Waals surface area contributed by atoms with Crippen LogP contribution in [0.5, 0.6) is 0 Å². The fourth-order valence-corrected chi connectivity index (χ4v) is 3.08. The van der Waals surface area contributed by atoms with E-state index in [1.807, 2.05) is 6.07 Å². The van der Waals surface area contributed by atoms with Gasteiger partial charge in [-0.15, -0.1) is 0 Å². The standard InChI is InChI=1S/C21H15F3N4O/c1-13-10-19(27-28(13)16-6-3-5-15(11-16)21(22,23)24)20(29)26-18-7-2-4-14-12-25-9-8-17(14)18/h2-12H,1H3,(H,26,29). The quantitative estimate of drug-likeness (QED) is 0.530. The highest BCUT2D eigenvalue weighted by Gasteiger charge is 2.30. The molecule has 0 aliphatic heterocycles. The van der Waals surface area contributed by atoms with Gasteiger partial charge in [0, 0.05) is 34.5 Å². The van der Waals surface area contributed by atoms with Crippen LogP contribution in [0.1, 0.15) is 21.7 Å². The van der Waals surface area contributed by atoms with Crippen molar-refractivity contribution in [2.24, 2.45) is 0 Å². The number of nitrogens with zero attached hydrogens (tertiary/aromatic N) is 3. The van der Waals surface area contributed by atoms with E-state index in [2.05, 4.69) is 15.4 Å². The Bertz CT molecular complexity index is 1210. The highest BCUT2D eigenvalue weighted by atomic mass is 19.4. The molecule has 0 radical (unpaired) electrons. The van der Waals surface area contributed by atoms with Crippen LogP contribution in [0.15, 0.2) is 67.0 Å². The van der Waals surface area contributed by atoms with Crippen LogP contribution in [0.2, 0.25) is 0 Å². The average molecular weight is 396 g/mol. The van der Waals surface area contributed by atoms with Gasteiger partial charge in [-0.3, -0.25) is 9.78 Å². The number of hydrogen-bond donors (Lipinski definition) is 1. The minimum atomic E-state index is -4.46. The van der Waals surface area contributed by atoms with Crippen LogP contribution in [0.3, 0.4) is 0 Å². The Kier molecular flexibility index (Phi) is 4.54. The van der Waals surface area contributed by atoms with E-state index in [0.29, 0.717) is 11.4 Å². The van der Waals surface area contributed by atoms with E-state index in [-0.39, 0.29) is 11.4 Å². The number of fused-ring (bicyclic) bond motifs is 1. The zero-order valence-electron chi connectivity index (χ0n) is 15.2. The highest BCUT2D eigenvalue weighted by Crippen LogP contribution is 2.30. The number of anilines is 1. The number of halogens is 3. The normalized spacial score (nSPS) is 11.6. The summed E-state index contributed by atoms with van der Waals surface area (Å²) in [5, 5.41) is 8.71. The molecule has 2 heterocycles. The van der Waals surface area contributed by atoms with Gasteiger partial charge in [0.1, 0.15) is 0 Å². The lowest BCUT2D eigenvalue weighted by atomic mass is 10.1. The number of pyridine rings is 1. The molecule has 5 nitrogen and oxygen atoms in total. The Morgan fingerprint density at radius 3 is 2.66 bits per heavy atom. The van der Waals surface area contributed by atoms with Crippen molar-refractivity contribution in [2.45, 2.75) is 13.1 Å². The number of benzene rings is 2. The first-order valence-corrected chi connectivity index (χ1v) is 8.71. The minimum Gasteiger partial charge on any atom is -0.320 e. The number of nitrogens with one attached hydrogen (secondary N) is 1. The first-order valence-electron chi connectivity index (χ1n) is 8.71. The van der Waals surface area contributed by atoms with Crippen molar-refractivity contribution in [1.29, 1.82) is 0 Å². The number of rotatable bonds is 3. The van der Waals surface area contributed by atoms with Crippen molar-refractivity contribution in [3.05, 3.63) is 83.9 Å². The third-order valence-electron chi connectivity index (χ3n) is 4.47. The topological polar surface area (TPSA) is 59.8 Å². The van der Waals surface area contributed by atoms with Gasteiger partial charge in [0.05, 0.1) is 11.3 Å². The molecule has 0 saturated heterocycles. The van der Waals surface area contributed by atoms with Crippen molar-refractivity contribution < 1.29 is 18.0 Å². The SMILES string of the molecule is Cc1cc(C(=O)Nc2cccc3cnccc23)nn1-c1cccc(C(F)(F)F)c1. The fraction of sp³-hybridized carbons (Fsp3) is 0.0952. The van der Waals surface area contributed by atoms with Crippen molar-refractivity contribution in [1.82, 2.24) is 14.8 Å². The Labute approximate surface area is 163 Å². The molecule has 0 aliphatic rings. The van der Waals surface area contributed by atoms with Crippen LogP contribution in [0, 0.1) is 6.92 Å². The number of hydrogen-bond acceptors (Lipinski definition) is 3. The van der Waals surface area contributed by atoms with Crippen LogP contribution in [-0.2, 0) is 6.18 Å². The van der Waals surface area contributed by atoms with Crippen molar-refractivity contribution in [2.75, 3.05) is 5.32 Å². The number of aryl methyl sites for hydroxylation is 1. The maximum Gasteiger partial charge on any atom is 0.416 e. The molecule has 4 aromatic rings. The number of carbonyl (C=O) groups excluding carboxylic acids is 1. The summed E-state index contributed by atoms with van der Waals surface area (Å²) < 4.78 is 40.3. The molecule has 0 bridgehead atoms. The molecular weight excluding hydrogens is 381 g/mol. The third kappa shape index (κ3) is 3.69. The lowest BCUT2D eigenvalue weighted by molar-refractivity contribution is -0.137. The van der Waals surface area contributed by atoms with Crippen molar-refractivity contribution >= 4 is 22.4 Å². The predicted octanol–water partition coefficient (Wildman–Crippen LogP) is 5.00. The molecule has 2 aromatic carbocycles. The summed E-state index contributed by atoms with van der Waals surface area (Å²) >= 11 is 0. The second-order valence-electron chi connectivity index (χ2n) is 6.49. The molecule has 0 fully saturated rings. The molecular formula is C21H15F3N4O. The summed E-state index contributed by atoms with van der Waals surface area (Å²) in [6.07, 6.45) is -1.14. The van der Waals surface area contributed by atoms with E-state index in [0.717, 1.165) is 22.9 Å². The second-order valence-corrected chi connectivity index (χ2v) is 6.49.